The number of nitrogens with one attached hydrogen (secondary N) is 1. The number of methoxy groups -OCH3 is 1. The molecule has 0 saturated carbocycles. The number of benzene rings is 1. The maximum Gasteiger partial charge on any atom is 0.174 e. The molecule has 1 aliphatic heterocycles. The van der Waals surface area contributed by atoms with Crippen LogP contribution in [0.1, 0.15) is 29.2 Å². The van der Waals surface area contributed by atoms with E-state index in [2.05, 4.69) is 25.8 Å². The molecule has 0 amide bonds. The van der Waals surface area contributed by atoms with Crippen LogP contribution in [0.25, 0.3) is 0 Å². The first-order chi connectivity index (χ1) is 17.2. The van der Waals surface area contributed by atoms with E-state index in [0.717, 1.165) is 22.8 Å². The fourth-order valence-corrected chi connectivity index (χ4v) is 4.91. The second-order valence-electron chi connectivity index (χ2n) is 8.09. The third kappa shape index (κ3) is 4.91. The second kappa shape index (κ2) is 10.5. The molecule has 0 unspecified atom stereocenters. The summed E-state index contributed by atoms with van der Waals surface area (Å²) in [6, 6.07) is 19.3. The molecular formula is C26H25ClN4O3S. The van der Waals surface area contributed by atoms with E-state index in [1.807, 2.05) is 60.8 Å². The Hall–Kier alpha value is -3.33. The smallest absolute Gasteiger partial charge is 0.174 e. The van der Waals surface area contributed by atoms with Crippen LogP contribution in [-0.2, 0) is 11.3 Å². The molecule has 1 aliphatic rings. The zero-order chi connectivity index (χ0) is 24.2. The molecule has 0 aliphatic carbocycles. The van der Waals surface area contributed by atoms with Crippen molar-refractivity contribution >= 4 is 34.6 Å². The molecule has 2 atom stereocenters. The maximum atomic E-state index is 6.60. The monoisotopic (exact) mass is 508 g/mol. The predicted octanol–water partition coefficient (Wildman–Crippen LogP) is 5.38. The molecule has 7 nitrogen and oxygen atoms in total. The predicted molar refractivity (Wildman–Crippen MR) is 139 cm³/mol. The fourth-order valence-electron chi connectivity index (χ4n) is 4.34. The largest absolute Gasteiger partial charge is 0.490 e. The molecular weight excluding hydrogens is 484 g/mol. The third-order valence-electron chi connectivity index (χ3n) is 5.91. The molecule has 3 aromatic heterocycles. The van der Waals surface area contributed by atoms with E-state index in [0.29, 0.717) is 35.6 Å². The Morgan fingerprint density at radius 2 is 2.03 bits per heavy atom. The van der Waals surface area contributed by atoms with E-state index < -0.39 is 0 Å². The van der Waals surface area contributed by atoms with Gasteiger partial charge in [-0.25, -0.2) is 0 Å². The third-order valence-corrected chi connectivity index (χ3v) is 6.52. The van der Waals surface area contributed by atoms with Crippen molar-refractivity contribution in [3.8, 4) is 5.75 Å². The highest BCUT2D eigenvalue weighted by Gasteiger charge is 2.42. The van der Waals surface area contributed by atoms with Crippen LogP contribution in [0.3, 0.4) is 0 Å². The highest BCUT2D eigenvalue weighted by atomic mass is 35.5. The van der Waals surface area contributed by atoms with Gasteiger partial charge in [0.25, 0.3) is 0 Å². The van der Waals surface area contributed by atoms with Crippen LogP contribution >= 0.6 is 23.8 Å². The van der Waals surface area contributed by atoms with E-state index in [4.69, 9.17) is 37.7 Å². The van der Waals surface area contributed by atoms with Crippen molar-refractivity contribution in [2.24, 2.45) is 0 Å². The number of ether oxygens (including phenoxy) is 2. The summed E-state index contributed by atoms with van der Waals surface area (Å²) < 4.78 is 18.6. The number of anilines is 1. The molecule has 1 fully saturated rings. The summed E-state index contributed by atoms with van der Waals surface area (Å²) in [5, 5.41) is 4.59. The number of halogens is 1. The molecule has 0 bridgehead atoms. The summed E-state index contributed by atoms with van der Waals surface area (Å²) >= 11 is 12.4. The zero-order valence-corrected chi connectivity index (χ0v) is 20.7. The van der Waals surface area contributed by atoms with Gasteiger partial charge in [-0.05, 0) is 66.8 Å². The van der Waals surface area contributed by atoms with Gasteiger partial charge < -0.3 is 28.7 Å². The molecule has 9 heteroatoms. The lowest BCUT2D eigenvalue weighted by atomic mass is 10.0. The molecule has 1 N–H and O–H groups in total. The maximum absolute atomic E-state index is 6.60. The molecule has 180 valence electrons. The Morgan fingerprint density at radius 3 is 2.77 bits per heavy atom. The van der Waals surface area contributed by atoms with Gasteiger partial charge in [0.15, 0.2) is 5.11 Å². The van der Waals surface area contributed by atoms with Crippen LogP contribution < -0.4 is 15.0 Å². The fraction of sp³-hybridized carbons (Fsp3) is 0.231. The van der Waals surface area contributed by atoms with Gasteiger partial charge in [-0.15, -0.1) is 0 Å². The van der Waals surface area contributed by atoms with Crippen LogP contribution in [0, 0.1) is 0 Å². The number of hydrogen-bond donors (Lipinski definition) is 1. The van der Waals surface area contributed by atoms with Crippen LogP contribution in [0.15, 0.2) is 83.7 Å². The van der Waals surface area contributed by atoms with E-state index in [1.165, 1.54) is 0 Å². The Labute approximate surface area is 214 Å². The van der Waals surface area contributed by atoms with Gasteiger partial charge in [-0.3, -0.25) is 4.98 Å². The normalized spacial score (nSPS) is 17.5. The lowest BCUT2D eigenvalue weighted by Gasteiger charge is -2.29. The minimum atomic E-state index is -0.168. The van der Waals surface area contributed by atoms with Gasteiger partial charge >= 0.3 is 0 Å². The first kappa shape index (κ1) is 23.4. The lowest BCUT2D eigenvalue weighted by molar-refractivity contribution is 0.146. The topological polar surface area (TPSA) is 64.7 Å². The van der Waals surface area contributed by atoms with Gasteiger partial charge in [0, 0.05) is 30.9 Å². The second-order valence-corrected chi connectivity index (χ2v) is 8.89. The Bertz CT molecular complexity index is 1280. The first-order valence-corrected chi connectivity index (χ1v) is 12.0. The summed E-state index contributed by atoms with van der Waals surface area (Å²) in [6.45, 7) is 1.51. The average molecular weight is 509 g/mol. The van der Waals surface area contributed by atoms with Gasteiger partial charge in [-0.2, -0.15) is 0 Å². The van der Waals surface area contributed by atoms with Crippen molar-refractivity contribution in [1.29, 1.82) is 0 Å². The lowest BCUT2D eigenvalue weighted by Crippen LogP contribution is -2.30. The zero-order valence-electron chi connectivity index (χ0n) is 19.1. The van der Waals surface area contributed by atoms with E-state index in [-0.39, 0.29) is 12.1 Å². The van der Waals surface area contributed by atoms with E-state index in [1.54, 1.807) is 19.6 Å². The van der Waals surface area contributed by atoms with Crippen LogP contribution in [0.5, 0.6) is 5.75 Å². The molecule has 0 spiro atoms. The minimum Gasteiger partial charge on any atom is -0.490 e. The number of aromatic nitrogens is 2. The minimum absolute atomic E-state index is 0.162. The SMILES string of the molecule is COCCOc1ccc(N2C(=S)N[C@@H](c3ccccn3)[C@@H]2c2cccn2Cc2ccco2)cc1Cl. The van der Waals surface area contributed by atoms with Gasteiger partial charge in [-0.1, -0.05) is 17.7 Å². The summed E-state index contributed by atoms with van der Waals surface area (Å²) in [7, 11) is 1.63. The van der Waals surface area contributed by atoms with Gasteiger partial charge in [0.2, 0.25) is 0 Å². The van der Waals surface area contributed by atoms with Crippen molar-refractivity contribution in [3.05, 3.63) is 101 Å². The molecule has 5 rings (SSSR count). The van der Waals surface area contributed by atoms with Gasteiger partial charge in [0.05, 0.1) is 36.2 Å². The van der Waals surface area contributed by atoms with Crippen molar-refractivity contribution in [3.63, 3.8) is 0 Å². The summed E-state index contributed by atoms with van der Waals surface area (Å²) in [4.78, 5) is 6.72. The highest BCUT2D eigenvalue weighted by Crippen LogP contribution is 2.43. The molecule has 4 aromatic rings. The number of thiocarbonyl (C=S) groups is 1. The molecule has 35 heavy (non-hydrogen) atoms. The first-order valence-electron chi connectivity index (χ1n) is 11.2. The summed E-state index contributed by atoms with van der Waals surface area (Å²) in [5.74, 6) is 1.47. The molecule has 4 heterocycles. The number of nitrogens with zero attached hydrogens (tertiary/aromatic N) is 3. The standard InChI is InChI=1S/C26H25ClN4O3S/c1-32-14-15-34-23-10-9-18(16-20(23)27)31-25(24(29-26(31)35)21-7-2-3-11-28-21)22-8-4-12-30(22)17-19-6-5-13-33-19/h2-13,16,24-25H,14-15,17H2,1H3,(H,29,35)/t24-,25-/m0/s1. The summed E-state index contributed by atoms with van der Waals surface area (Å²) in [5.41, 5.74) is 2.83. The number of furan rings is 1. The number of rotatable bonds is 9. The van der Waals surface area contributed by atoms with Crippen LogP contribution in [0.4, 0.5) is 5.69 Å². The quantitative estimate of drug-likeness (QED) is 0.240. The Morgan fingerprint density at radius 1 is 1.11 bits per heavy atom. The van der Waals surface area contributed by atoms with E-state index >= 15 is 0 Å². The summed E-state index contributed by atoms with van der Waals surface area (Å²) in [6.07, 6.45) is 5.53. The van der Waals surface area contributed by atoms with Gasteiger partial charge in [0.1, 0.15) is 24.2 Å². The van der Waals surface area contributed by atoms with Crippen LogP contribution in [0.2, 0.25) is 5.02 Å². The highest BCUT2D eigenvalue weighted by molar-refractivity contribution is 7.80. The van der Waals surface area contributed by atoms with Crippen molar-refractivity contribution in [2.75, 3.05) is 25.2 Å². The van der Waals surface area contributed by atoms with Crippen LogP contribution in [-0.4, -0.2) is 35.0 Å². The van der Waals surface area contributed by atoms with Crippen molar-refractivity contribution < 1.29 is 13.9 Å². The average Bonchev–Trinajstić information content (AvgIpc) is 3.62. The van der Waals surface area contributed by atoms with Crippen molar-refractivity contribution in [2.45, 2.75) is 18.6 Å². The molecule has 1 aromatic carbocycles. The molecule has 0 radical (unpaired) electrons. The van der Waals surface area contributed by atoms with E-state index in [9.17, 15) is 0 Å². The number of hydrogen-bond acceptors (Lipinski definition) is 5. The molecule has 1 saturated heterocycles. The number of pyridine rings is 1. The Kier molecular flexibility index (Phi) is 7.03. The Balaban J connectivity index is 1.53. The van der Waals surface area contributed by atoms with Crippen molar-refractivity contribution in [1.82, 2.24) is 14.9 Å².